The molecule has 4 rings (SSSR count). The minimum atomic E-state index is -5.61. The van der Waals surface area contributed by atoms with Gasteiger partial charge in [0.05, 0.1) is 10.6 Å². The number of esters is 1. The topological polar surface area (TPSA) is 76.6 Å². The van der Waals surface area contributed by atoms with Crippen LogP contribution in [0, 0.1) is 0 Å². The second-order valence-corrected chi connectivity index (χ2v) is 13.8. The third kappa shape index (κ3) is 6.32. The Bertz CT molecular complexity index is 1310. The quantitative estimate of drug-likeness (QED) is 0.279. The van der Waals surface area contributed by atoms with Crippen LogP contribution in [0.3, 0.4) is 0 Å². The first-order valence-electron chi connectivity index (χ1n) is 13.2. The number of carbonyl (C=O) groups excluding carboxylic acids is 1. The van der Waals surface area contributed by atoms with Gasteiger partial charge in [0.15, 0.2) is 14.6 Å². The van der Waals surface area contributed by atoms with Crippen LogP contribution < -0.4 is 0 Å². The first kappa shape index (κ1) is 30.4. The number of alkyl halides is 5. The van der Waals surface area contributed by atoms with Gasteiger partial charge < -0.3 is 9.64 Å². The molecule has 0 bridgehead atoms. The highest BCUT2D eigenvalue weighted by Gasteiger charge is 2.57. The van der Waals surface area contributed by atoms with E-state index in [-0.39, 0.29) is 23.3 Å². The molecule has 2 aliphatic rings. The van der Waals surface area contributed by atoms with E-state index in [1.54, 1.807) is 20.8 Å². The van der Waals surface area contributed by atoms with Crippen LogP contribution in [0.1, 0.15) is 58.4 Å². The number of ether oxygens (including phenoxy) is 1. The van der Waals surface area contributed by atoms with Gasteiger partial charge in [-0.1, -0.05) is 18.2 Å². The minimum absolute atomic E-state index is 0.0343. The summed E-state index contributed by atoms with van der Waals surface area (Å²) in [6, 6.07) is 9.15. The van der Waals surface area contributed by atoms with Crippen LogP contribution in [-0.4, -0.2) is 65.8 Å². The van der Waals surface area contributed by atoms with E-state index in [4.69, 9.17) is 4.74 Å². The first-order chi connectivity index (χ1) is 18.5. The van der Waals surface area contributed by atoms with Crippen LogP contribution in [0.15, 0.2) is 47.5 Å². The van der Waals surface area contributed by atoms with Crippen molar-refractivity contribution in [3.63, 3.8) is 0 Å². The van der Waals surface area contributed by atoms with Crippen molar-refractivity contribution in [2.24, 2.45) is 0 Å². The van der Waals surface area contributed by atoms with Gasteiger partial charge in [-0.3, -0.25) is 9.78 Å². The average molecular weight is 589 g/mol. The third-order valence-electron chi connectivity index (χ3n) is 7.38. The van der Waals surface area contributed by atoms with Crippen LogP contribution in [0.5, 0.6) is 0 Å². The summed E-state index contributed by atoms with van der Waals surface area (Å²) >= 11 is 0. The van der Waals surface area contributed by atoms with Gasteiger partial charge in [0.2, 0.25) is 0 Å². The monoisotopic (exact) mass is 588 g/mol. The Labute approximate surface area is 230 Å². The molecule has 0 radical (unpaired) electrons. The zero-order valence-corrected chi connectivity index (χ0v) is 23.4. The molecule has 1 aromatic heterocycles. The fraction of sp³-hybridized carbons (Fsp3) is 0.571. The van der Waals surface area contributed by atoms with E-state index < -0.39 is 51.1 Å². The van der Waals surface area contributed by atoms with Crippen molar-refractivity contribution < 1.29 is 39.9 Å². The van der Waals surface area contributed by atoms with Crippen LogP contribution in [0.2, 0.25) is 0 Å². The maximum atomic E-state index is 14.0. The molecule has 0 N–H and O–H groups in total. The van der Waals surface area contributed by atoms with Crippen LogP contribution in [0.25, 0.3) is 11.3 Å². The highest BCUT2D eigenvalue weighted by Crippen LogP contribution is 2.41. The Kier molecular flexibility index (Phi) is 8.09. The lowest BCUT2D eigenvalue weighted by atomic mass is 9.95. The lowest BCUT2D eigenvalue weighted by molar-refractivity contribution is -0.284. The molecule has 40 heavy (non-hydrogen) atoms. The predicted octanol–water partition coefficient (Wildman–Crippen LogP) is 5.99. The average Bonchev–Trinajstić information content (AvgIpc) is 3.72. The van der Waals surface area contributed by atoms with Gasteiger partial charge in [-0.25, -0.2) is 8.42 Å². The number of aromatic nitrogens is 1. The Morgan fingerprint density at radius 3 is 2.08 bits per heavy atom. The molecule has 2 aromatic rings. The van der Waals surface area contributed by atoms with E-state index in [1.165, 1.54) is 42.6 Å². The summed E-state index contributed by atoms with van der Waals surface area (Å²) in [7, 11) is -4.15. The molecule has 220 valence electrons. The van der Waals surface area contributed by atoms with E-state index in [0.717, 1.165) is 12.8 Å². The molecule has 0 amide bonds. The molecule has 1 aromatic carbocycles. The molecule has 2 heterocycles. The standard InChI is InChI=1S/C28H33F5N2O4S/c1-25(2,3)39-24(36)26(14-16-35(17-15-26)21-7-8-21)40(37,38)22-9-5-20(6-10-22)23-11-4-19(18-34-23)12-13-27(29,30)28(31,32)33/h4-6,9-11,18,21H,7-8,12-17H2,1-3H3. The molecule has 6 nitrogen and oxygen atoms in total. The minimum Gasteiger partial charge on any atom is -0.459 e. The van der Waals surface area contributed by atoms with Gasteiger partial charge in [0.1, 0.15) is 5.60 Å². The number of piperidine rings is 1. The zero-order valence-electron chi connectivity index (χ0n) is 22.6. The molecule has 1 aliphatic heterocycles. The van der Waals surface area contributed by atoms with Gasteiger partial charge >= 0.3 is 18.1 Å². The molecule has 12 heteroatoms. The van der Waals surface area contributed by atoms with Gasteiger partial charge in [-0.2, -0.15) is 22.0 Å². The Morgan fingerprint density at radius 2 is 1.60 bits per heavy atom. The largest absolute Gasteiger partial charge is 0.459 e. The molecule has 1 saturated heterocycles. The summed E-state index contributed by atoms with van der Waals surface area (Å²) in [5, 5.41) is 0. The maximum Gasteiger partial charge on any atom is 0.453 e. The number of halogens is 5. The van der Waals surface area contributed by atoms with Crippen molar-refractivity contribution in [3.8, 4) is 11.3 Å². The third-order valence-corrected chi connectivity index (χ3v) is 9.88. The van der Waals surface area contributed by atoms with Gasteiger partial charge in [-0.15, -0.1) is 0 Å². The van der Waals surface area contributed by atoms with E-state index in [2.05, 4.69) is 9.88 Å². The number of sulfone groups is 1. The zero-order chi connectivity index (χ0) is 29.6. The maximum absolute atomic E-state index is 14.0. The smallest absolute Gasteiger partial charge is 0.453 e. The number of nitrogens with zero attached hydrogens (tertiary/aromatic N) is 2. The summed E-state index contributed by atoms with van der Waals surface area (Å²) in [5.41, 5.74) is 0.247. The Balaban J connectivity index is 1.53. The SMILES string of the molecule is CC(C)(C)OC(=O)C1(S(=O)(=O)c2ccc(-c3ccc(CCC(F)(F)C(F)(F)F)cn3)cc2)CCN(C2CC2)CC1. The number of hydrogen-bond acceptors (Lipinski definition) is 6. The highest BCUT2D eigenvalue weighted by molar-refractivity contribution is 7.93. The van der Waals surface area contributed by atoms with E-state index in [0.29, 0.717) is 30.4 Å². The second kappa shape index (κ2) is 10.7. The second-order valence-electron chi connectivity index (χ2n) is 11.5. The van der Waals surface area contributed by atoms with Crippen LogP contribution >= 0.6 is 0 Å². The van der Waals surface area contributed by atoms with Crippen molar-refractivity contribution in [2.75, 3.05) is 13.1 Å². The highest BCUT2D eigenvalue weighted by atomic mass is 32.2. The van der Waals surface area contributed by atoms with Crippen molar-refractivity contribution in [1.29, 1.82) is 0 Å². The summed E-state index contributed by atoms with van der Waals surface area (Å²) in [6.07, 6.45) is -3.90. The lowest BCUT2D eigenvalue weighted by Gasteiger charge is -2.40. The molecular weight excluding hydrogens is 555 g/mol. The number of aryl methyl sites for hydroxylation is 1. The number of likely N-dealkylation sites (tertiary alicyclic amines) is 1. The number of carbonyl (C=O) groups is 1. The molecule has 1 saturated carbocycles. The van der Waals surface area contributed by atoms with Crippen molar-refractivity contribution in [3.05, 3.63) is 48.2 Å². The summed E-state index contributed by atoms with van der Waals surface area (Å²) in [5.74, 6) is -5.55. The number of pyridine rings is 1. The van der Waals surface area contributed by atoms with Gasteiger partial charge in [0, 0.05) is 37.3 Å². The number of benzene rings is 1. The lowest BCUT2D eigenvalue weighted by Crippen LogP contribution is -2.56. The summed E-state index contributed by atoms with van der Waals surface area (Å²) in [6.45, 7) is 6.04. The fourth-order valence-corrected chi connectivity index (χ4v) is 6.79. The molecule has 0 unspecified atom stereocenters. The van der Waals surface area contributed by atoms with Crippen molar-refractivity contribution >= 4 is 15.8 Å². The molecule has 1 aliphatic carbocycles. The fourth-order valence-electron chi connectivity index (χ4n) is 4.86. The van der Waals surface area contributed by atoms with E-state index in [1.807, 2.05) is 0 Å². The summed E-state index contributed by atoms with van der Waals surface area (Å²) in [4.78, 5) is 19.7. The Hall–Kier alpha value is -2.60. The Morgan fingerprint density at radius 1 is 1.00 bits per heavy atom. The molecule has 0 spiro atoms. The normalized spacial score (nSPS) is 18.9. The van der Waals surface area contributed by atoms with Gasteiger partial charge in [-0.05, 0) is 76.6 Å². The van der Waals surface area contributed by atoms with E-state index >= 15 is 0 Å². The molecule has 2 fully saturated rings. The molecular formula is C28H33F5N2O4S. The van der Waals surface area contributed by atoms with E-state index in [9.17, 15) is 35.2 Å². The first-order valence-corrected chi connectivity index (χ1v) is 14.7. The molecule has 0 atom stereocenters. The summed E-state index contributed by atoms with van der Waals surface area (Å²) < 4.78 is 95.5. The van der Waals surface area contributed by atoms with Crippen molar-refractivity contribution in [2.45, 2.75) is 92.7 Å². The van der Waals surface area contributed by atoms with Crippen LogP contribution in [0.4, 0.5) is 22.0 Å². The number of rotatable bonds is 8. The number of hydrogen-bond donors (Lipinski definition) is 0. The van der Waals surface area contributed by atoms with Gasteiger partial charge in [0.25, 0.3) is 0 Å². The van der Waals surface area contributed by atoms with Crippen LogP contribution in [-0.2, 0) is 25.8 Å². The predicted molar refractivity (Wildman–Crippen MR) is 139 cm³/mol. The van der Waals surface area contributed by atoms with Crippen molar-refractivity contribution in [1.82, 2.24) is 9.88 Å².